The highest BCUT2D eigenvalue weighted by Crippen LogP contribution is 2.22. The Morgan fingerprint density at radius 3 is 1.83 bits per heavy atom. The summed E-state index contributed by atoms with van der Waals surface area (Å²) >= 11 is 0. The van der Waals surface area contributed by atoms with E-state index in [0.29, 0.717) is 17.5 Å². The molecule has 0 N–H and O–H groups in total. The Bertz CT molecular complexity index is 777. The number of hydrogen-bond acceptors (Lipinski definition) is 4. The minimum Gasteiger partial charge on any atom is -0.462 e. The van der Waals surface area contributed by atoms with Crippen LogP contribution in [-0.4, -0.2) is 24.6 Å². The maximum Gasteiger partial charge on any atom is 0.338 e. The largest absolute Gasteiger partial charge is 0.462 e. The fourth-order valence-electron chi connectivity index (χ4n) is 3.21. The summed E-state index contributed by atoms with van der Waals surface area (Å²) in [6, 6.07) is 14.7. The molecule has 2 atom stereocenters. The van der Waals surface area contributed by atoms with Gasteiger partial charge in [0.1, 0.15) is 6.10 Å². The van der Waals surface area contributed by atoms with Gasteiger partial charge in [-0.05, 0) is 51.0 Å². The smallest absolute Gasteiger partial charge is 0.338 e. The monoisotopic (exact) mass is 396 g/mol. The quantitative estimate of drug-likeness (QED) is 0.469. The second-order valence-corrected chi connectivity index (χ2v) is 7.58. The lowest BCUT2D eigenvalue weighted by atomic mass is 9.94. The second-order valence-electron chi connectivity index (χ2n) is 7.58. The molecular weight excluding hydrogens is 364 g/mol. The average molecular weight is 397 g/mol. The van der Waals surface area contributed by atoms with Crippen molar-refractivity contribution in [3.05, 3.63) is 70.8 Å². The third kappa shape index (κ3) is 7.04. The van der Waals surface area contributed by atoms with Crippen molar-refractivity contribution >= 4 is 11.9 Å². The fourth-order valence-corrected chi connectivity index (χ4v) is 3.21. The number of unbranched alkanes of at least 4 members (excludes halogenated alkanes) is 1. The van der Waals surface area contributed by atoms with Gasteiger partial charge < -0.3 is 9.47 Å². The molecule has 2 unspecified atom stereocenters. The molecule has 0 aliphatic carbocycles. The first-order chi connectivity index (χ1) is 13.9. The van der Waals surface area contributed by atoms with Crippen LogP contribution in [0, 0.1) is 19.8 Å². The standard InChI is InChI=1S/C25H32O4/c1-5-7-8-22(17-28-24(26)20-13-9-18(3)10-14-20)23(6-2)29-25(27)21-15-11-19(4)12-16-21/h9-16,22-23H,5-8,17H2,1-4H3. The van der Waals surface area contributed by atoms with Crippen molar-refractivity contribution in [3.63, 3.8) is 0 Å². The fraction of sp³-hybridized carbons (Fsp3) is 0.440. The Kier molecular flexibility index (Phi) is 8.91. The first-order valence-electron chi connectivity index (χ1n) is 10.5. The van der Waals surface area contributed by atoms with Crippen molar-refractivity contribution in [1.82, 2.24) is 0 Å². The lowest BCUT2D eigenvalue weighted by Gasteiger charge is -2.26. The van der Waals surface area contributed by atoms with Gasteiger partial charge in [-0.15, -0.1) is 0 Å². The highest BCUT2D eigenvalue weighted by Gasteiger charge is 2.26. The van der Waals surface area contributed by atoms with Gasteiger partial charge in [-0.3, -0.25) is 0 Å². The molecule has 4 nitrogen and oxygen atoms in total. The molecule has 4 heteroatoms. The van der Waals surface area contributed by atoms with Crippen LogP contribution >= 0.6 is 0 Å². The van der Waals surface area contributed by atoms with Gasteiger partial charge in [-0.2, -0.15) is 0 Å². The van der Waals surface area contributed by atoms with E-state index < -0.39 is 0 Å². The average Bonchev–Trinajstić information content (AvgIpc) is 2.73. The van der Waals surface area contributed by atoms with Gasteiger partial charge in [0.05, 0.1) is 17.7 Å². The van der Waals surface area contributed by atoms with Crippen LogP contribution in [0.2, 0.25) is 0 Å². The minimum atomic E-state index is -0.341. The molecular formula is C25H32O4. The minimum absolute atomic E-state index is 0.0243. The highest BCUT2D eigenvalue weighted by atomic mass is 16.6. The van der Waals surface area contributed by atoms with Gasteiger partial charge in [0.25, 0.3) is 0 Å². The molecule has 29 heavy (non-hydrogen) atoms. The lowest BCUT2D eigenvalue weighted by molar-refractivity contribution is -0.00764. The van der Waals surface area contributed by atoms with E-state index in [2.05, 4.69) is 6.92 Å². The molecule has 0 bridgehead atoms. The summed E-state index contributed by atoms with van der Waals surface area (Å²) in [5.41, 5.74) is 3.27. The Balaban J connectivity index is 2.03. The number of carbonyl (C=O) groups excluding carboxylic acids is 2. The molecule has 0 aliphatic rings. The van der Waals surface area contributed by atoms with Crippen LogP contribution in [0.4, 0.5) is 0 Å². The topological polar surface area (TPSA) is 52.6 Å². The maximum atomic E-state index is 12.6. The summed E-state index contributed by atoms with van der Waals surface area (Å²) in [5.74, 6) is -0.696. The number of ether oxygens (including phenoxy) is 2. The molecule has 0 saturated heterocycles. The van der Waals surface area contributed by atoms with Crippen molar-refractivity contribution in [2.45, 2.75) is 59.5 Å². The molecule has 156 valence electrons. The Hall–Kier alpha value is -2.62. The van der Waals surface area contributed by atoms with Crippen LogP contribution in [0.3, 0.4) is 0 Å². The van der Waals surface area contributed by atoms with Gasteiger partial charge in [0, 0.05) is 5.92 Å². The van der Waals surface area contributed by atoms with E-state index in [4.69, 9.17) is 9.47 Å². The molecule has 0 amide bonds. The van der Waals surface area contributed by atoms with E-state index in [0.717, 1.165) is 30.4 Å². The Labute approximate surface area is 174 Å². The normalized spacial score (nSPS) is 12.8. The van der Waals surface area contributed by atoms with Crippen LogP contribution < -0.4 is 0 Å². The third-order valence-corrected chi connectivity index (χ3v) is 5.12. The van der Waals surface area contributed by atoms with Crippen LogP contribution in [-0.2, 0) is 9.47 Å². The molecule has 2 aromatic carbocycles. The number of hydrogen-bond donors (Lipinski definition) is 0. The summed E-state index contributed by atoms with van der Waals surface area (Å²) in [6.07, 6.45) is 3.25. The van der Waals surface area contributed by atoms with Crippen LogP contribution in [0.15, 0.2) is 48.5 Å². The molecule has 0 spiro atoms. The van der Waals surface area contributed by atoms with E-state index in [9.17, 15) is 9.59 Å². The van der Waals surface area contributed by atoms with Crippen LogP contribution in [0.25, 0.3) is 0 Å². The zero-order valence-corrected chi connectivity index (χ0v) is 17.9. The lowest BCUT2D eigenvalue weighted by Crippen LogP contribution is -2.31. The van der Waals surface area contributed by atoms with Crippen LogP contribution in [0.5, 0.6) is 0 Å². The van der Waals surface area contributed by atoms with Gasteiger partial charge >= 0.3 is 11.9 Å². The van der Waals surface area contributed by atoms with E-state index in [1.165, 1.54) is 0 Å². The molecule has 0 aliphatic heterocycles. The Morgan fingerprint density at radius 2 is 1.34 bits per heavy atom. The molecule has 2 aromatic rings. The maximum absolute atomic E-state index is 12.6. The second kappa shape index (κ2) is 11.4. The van der Waals surface area contributed by atoms with Crippen molar-refractivity contribution < 1.29 is 19.1 Å². The van der Waals surface area contributed by atoms with E-state index in [1.54, 1.807) is 24.3 Å². The number of esters is 2. The molecule has 0 saturated carbocycles. The molecule has 2 rings (SSSR count). The van der Waals surface area contributed by atoms with Crippen molar-refractivity contribution in [2.24, 2.45) is 5.92 Å². The zero-order chi connectivity index (χ0) is 21.2. The number of rotatable bonds is 10. The van der Waals surface area contributed by atoms with Gasteiger partial charge in [0.2, 0.25) is 0 Å². The summed E-state index contributed by atoms with van der Waals surface area (Å²) in [7, 11) is 0. The van der Waals surface area contributed by atoms with Gasteiger partial charge in [-0.1, -0.05) is 62.1 Å². The molecule has 0 fully saturated rings. The molecule has 0 heterocycles. The SMILES string of the molecule is CCCCC(COC(=O)c1ccc(C)cc1)C(CC)OC(=O)c1ccc(C)cc1. The van der Waals surface area contributed by atoms with E-state index >= 15 is 0 Å². The van der Waals surface area contributed by atoms with Crippen LogP contribution in [0.1, 0.15) is 71.4 Å². The predicted molar refractivity (Wildman–Crippen MR) is 115 cm³/mol. The predicted octanol–water partition coefficient (Wildman–Crippen LogP) is 5.90. The van der Waals surface area contributed by atoms with Crippen molar-refractivity contribution in [3.8, 4) is 0 Å². The first-order valence-corrected chi connectivity index (χ1v) is 10.5. The summed E-state index contributed by atoms with van der Waals surface area (Å²) in [5, 5.41) is 0. The zero-order valence-electron chi connectivity index (χ0n) is 17.9. The van der Waals surface area contributed by atoms with Crippen molar-refractivity contribution in [2.75, 3.05) is 6.61 Å². The highest BCUT2D eigenvalue weighted by molar-refractivity contribution is 5.90. The number of carbonyl (C=O) groups is 2. The van der Waals surface area contributed by atoms with Gasteiger partial charge in [0.15, 0.2) is 0 Å². The van der Waals surface area contributed by atoms with E-state index in [1.807, 2.05) is 45.0 Å². The Morgan fingerprint density at radius 1 is 0.828 bits per heavy atom. The molecule has 0 radical (unpaired) electrons. The summed E-state index contributed by atoms with van der Waals surface area (Å²) in [6.45, 7) is 8.31. The first kappa shape index (κ1) is 22.7. The third-order valence-electron chi connectivity index (χ3n) is 5.12. The summed E-state index contributed by atoms with van der Waals surface area (Å²) < 4.78 is 11.4. The molecule has 0 aromatic heterocycles. The van der Waals surface area contributed by atoms with Crippen molar-refractivity contribution in [1.29, 1.82) is 0 Å². The number of benzene rings is 2. The van der Waals surface area contributed by atoms with E-state index in [-0.39, 0.29) is 30.6 Å². The van der Waals surface area contributed by atoms with Gasteiger partial charge in [-0.25, -0.2) is 9.59 Å². The number of aryl methyl sites for hydroxylation is 2. The summed E-state index contributed by atoms with van der Waals surface area (Å²) in [4.78, 5) is 25.0.